The molecule has 0 saturated carbocycles. The van der Waals surface area contributed by atoms with Crippen molar-refractivity contribution >= 4 is 5.69 Å². The first-order chi connectivity index (χ1) is 5.65. The van der Waals surface area contributed by atoms with Crippen LogP contribution < -0.4 is 4.90 Å². The maximum Gasteiger partial charge on any atom is 0.146 e. The van der Waals surface area contributed by atoms with E-state index in [1.165, 1.54) is 6.07 Å². The quantitative estimate of drug-likeness (QED) is 0.654. The van der Waals surface area contributed by atoms with Crippen LogP contribution in [-0.2, 0) is 0 Å². The zero-order chi connectivity index (χ0) is 9.14. The van der Waals surface area contributed by atoms with Gasteiger partial charge in [-0.25, -0.2) is 4.39 Å². The van der Waals surface area contributed by atoms with Crippen molar-refractivity contribution in [2.45, 2.75) is 13.8 Å². The predicted molar refractivity (Wildman–Crippen MR) is 50.1 cm³/mol. The van der Waals surface area contributed by atoms with Gasteiger partial charge in [0.1, 0.15) is 5.82 Å². The number of anilines is 1. The number of aryl methyl sites for hydroxylation is 1. The summed E-state index contributed by atoms with van der Waals surface area (Å²) in [7, 11) is 1.89. The summed E-state index contributed by atoms with van der Waals surface area (Å²) >= 11 is 0. The van der Waals surface area contributed by atoms with Gasteiger partial charge in [0, 0.05) is 13.6 Å². The van der Waals surface area contributed by atoms with Crippen LogP contribution in [-0.4, -0.2) is 13.6 Å². The molecule has 12 heavy (non-hydrogen) atoms. The van der Waals surface area contributed by atoms with Crippen molar-refractivity contribution in [3.63, 3.8) is 0 Å². The molecule has 1 rings (SSSR count). The van der Waals surface area contributed by atoms with Gasteiger partial charge in [0.05, 0.1) is 5.69 Å². The molecule has 1 nitrogen and oxygen atoms in total. The van der Waals surface area contributed by atoms with Crippen molar-refractivity contribution < 1.29 is 4.39 Å². The molecule has 1 aromatic carbocycles. The van der Waals surface area contributed by atoms with Gasteiger partial charge in [0.2, 0.25) is 0 Å². The minimum atomic E-state index is -0.148. The summed E-state index contributed by atoms with van der Waals surface area (Å²) in [6, 6.07) is 5.15. The van der Waals surface area contributed by atoms with Crippen molar-refractivity contribution in [2.24, 2.45) is 0 Å². The molecule has 0 aliphatic rings. The summed E-state index contributed by atoms with van der Waals surface area (Å²) in [5.41, 5.74) is 1.77. The van der Waals surface area contributed by atoms with Gasteiger partial charge in [-0.15, -0.1) is 0 Å². The fraction of sp³-hybridized carbons (Fsp3) is 0.400. The van der Waals surface area contributed by atoms with Crippen LogP contribution in [0.2, 0.25) is 0 Å². The average molecular weight is 167 g/mol. The van der Waals surface area contributed by atoms with Crippen molar-refractivity contribution in [3.8, 4) is 0 Å². The zero-order valence-corrected chi connectivity index (χ0v) is 7.76. The Morgan fingerprint density at radius 2 is 2.08 bits per heavy atom. The lowest BCUT2D eigenvalue weighted by Crippen LogP contribution is -2.17. The lowest BCUT2D eigenvalue weighted by Gasteiger charge is -2.17. The van der Waals surface area contributed by atoms with E-state index in [1.807, 2.05) is 31.9 Å². The normalized spacial score (nSPS) is 10.0. The van der Waals surface area contributed by atoms with Gasteiger partial charge >= 0.3 is 0 Å². The fourth-order valence-corrected chi connectivity index (χ4v) is 1.09. The van der Waals surface area contributed by atoms with E-state index in [-0.39, 0.29) is 5.82 Å². The number of halogens is 1. The Labute approximate surface area is 72.8 Å². The van der Waals surface area contributed by atoms with Crippen LogP contribution in [0.4, 0.5) is 10.1 Å². The molecule has 66 valence electrons. The second kappa shape index (κ2) is 3.57. The first-order valence-corrected chi connectivity index (χ1v) is 4.12. The Hall–Kier alpha value is -1.05. The molecule has 0 heterocycles. The molecule has 0 spiro atoms. The zero-order valence-electron chi connectivity index (χ0n) is 7.76. The van der Waals surface area contributed by atoms with Crippen molar-refractivity contribution in [1.82, 2.24) is 0 Å². The molecule has 0 aliphatic heterocycles. The largest absolute Gasteiger partial charge is 0.373 e. The topological polar surface area (TPSA) is 3.24 Å². The van der Waals surface area contributed by atoms with Gasteiger partial charge in [0.25, 0.3) is 0 Å². The third-order valence-corrected chi connectivity index (χ3v) is 1.99. The maximum absolute atomic E-state index is 13.2. The molecule has 0 bridgehead atoms. The van der Waals surface area contributed by atoms with Crippen molar-refractivity contribution in [3.05, 3.63) is 29.6 Å². The number of rotatable bonds is 2. The Morgan fingerprint density at radius 1 is 1.42 bits per heavy atom. The first-order valence-electron chi connectivity index (χ1n) is 4.12. The van der Waals surface area contributed by atoms with E-state index in [0.717, 1.165) is 12.1 Å². The Balaban J connectivity index is 3.04. The molecule has 0 unspecified atom stereocenters. The standard InChI is InChI=1S/C10H14FN/c1-4-12(3)10-7-8(2)5-6-9(10)11/h5-7H,4H2,1-3H3. The van der Waals surface area contributed by atoms with Crippen LogP contribution in [0.1, 0.15) is 12.5 Å². The Kier molecular flexibility index (Phi) is 2.69. The number of benzene rings is 1. The van der Waals surface area contributed by atoms with E-state index < -0.39 is 0 Å². The lowest BCUT2D eigenvalue weighted by molar-refractivity contribution is 0.623. The van der Waals surface area contributed by atoms with Crippen LogP contribution in [0, 0.1) is 12.7 Å². The summed E-state index contributed by atoms with van der Waals surface area (Å²) in [5, 5.41) is 0. The maximum atomic E-state index is 13.2. The minimum Gasteiger partial charge on any atom is -0.373 e. The van der Waals surface area contributed by atoms with E-state index in [0.29, 0.717) is 5.69 Å². The molecule has 0 aliphatic carbocycles. The molecule has 0 aromatic heterocycles. The van der Waals surface area contributed by atoms with E-state index in [9.17, 15) is 4.39 Å². The van der Waals surface area contributed by atoms with Crippen LogP contribution in [0.5, 0.6) is 0 Å². The summed E-state index contributed by atoms with van der Waals surface area (Å²) in [4.78, 5) is 1.89. The number of hydrogen-bond donors (Lipinski definition) is 0. The molecule has 1 aromatic rings. The second-order valence-corrected chi connectivity index (χ2v) is 2.97. The lowest BCUT2D eigenvalue weighted by atomic mass is 10.2. The van der Waals surface area contributed by atoms with Crippen LogP contribution in [0.15, 0.2) is 18.2 Å². The monoisotopic (exact) mass is 167 g/mol. The summed E-state index contributed by atoms with van der Waals surface area (Å²) in [5.74, 6) is -0.148. The predicted octanol–water partition coefficient (Wildman–Crippen LogP) is 2.59. The van der Waals surface area contributed by atoms with Crippen molar-refractivity contribution in [2.75, 3.05) is 18.5 Å². The highest BCUT2D eigenvalue weighted by atomic mass is 19.1. The highest BCUT2D eigenvalue weighted by Crippen LogP contribution is 2.18. The van der Waals surface area contributed by atoms with E-state index in [2.05, 4.69) is 0 Å². The Morgan fingerprint density at radius 3 is 2.67 bits per heavy atom. The summed E-state index contributed by atoms with van der Waals surface area (Å²) in [6.45, 7) is 4.79. The van der Waals surface area contributed by atoms with Crippen LogP contribution >= 0.6 is 0 Å². The average Bonchev–Trinajstić information content (AvgIpc) is 2.08. The SMILES string of the molecule is CCN(C)c1cc(C)ccc1F. The van der Waals surface area contributed by atoms with Crippen molar-refractivity contribution in [1.29, 1.82) is 0 Å². The fourth-order valence-electron chi connectivity index (χ4n) is 1.09. The van der Waals surface area contributed by atoms with Gasteiger partial charge in [-0.3, -0.25) is 0 Å². The molecule has 2 heteroatoms. The van der Waals surface area contributed by atoms with Crippen LogP contribution in [0.25, 0.3) is 0 Å². The molecular formula is C10H14FN. The molecule has 0 N–H and O–H groups in total. The Bertz CT molecular complexity index is 271. The van der Waals surface area contributed by atoms with Gasteiger partial charge in [-0.05, 0) is 31.5 Å². The highest BCUT2D eigenvalue weighted by Gasteiger charge is 2.04. The summed E-state index contributed by atoms with van der Waals surface area (Å²) in [6.07, 6.45) is 0. The third kappa shape index (κ3) is 1.76. The van der Waals surface area contributed by atoms with Crippen LogP contribution in [0.3, 0.4) is 0 Å². The molecule has 0 atom stereocenters. The van der Waals surface area contributed by atoms with Gasteiger partial charge in [-0.1, -0.05) is 6.07 Å². The molecule has 0 amide bonds. The van der Waals surface area contributed by atoms with E-state index in [4.69, 9.17) is 0 Å². The molecular weight excluding hydrogens is 153 g/mol. The second-order valence-electron chi connectivity index (χ2n) is 2.97. The number of hydrogen-bond acceptors (Lipinski definition) is 1. The minimum absolute atomic E-state index is 0.148. The third-order valence-electron chi connectivity index (χ3n) is 1.99. The van der Waals surface area contributed by atoms with E-state index in [1.54, 1.807) is 6.07 Å². The number of nitrogens with zero attached hydrogens (tertiary/aromatic N) is 1. The smallest absolute Gasteiger partial charge is 0.146 e. The van der Waals surface area contributed by atoms with E-state index >= 15 is 0 Å². The first kappa shape index (κ1) is 9.04. The van der Waals surface area contributed by atoms with Gasteiger partial charge in [-0.2, -0.15) is 0 Å². The molecule has 0 fully saturated rings. The molecule has 0 saturated heterocycles. The van der Waals surface area contributed by atoms with Gasteiger partial charge < -0.3 is 4.90 Å². The van der Waals surface area contributed by atoms with Gasteiger partial charge in [0.15, 0.2) is 0 Å². The molecule has 0 radical (unpaired) electrons. The highest BCUT2D eigenvalue weighted by molar-refractivity contribution is 5.48. The summed E-state index contributed by atoms with van der Waals surface area (Å²) < 4.78 is 13.2.